The van der Waals surface area contributed by atoms with Gasteiger partial charge in [-0.2, -0.15) is 0 Å². The fourth-order valence-electron chi connectivity index (χ4n) is 2.15. The monoisotopic (exact) mass is 257 g/mol. The summed E-state index contributed by atoms with van der Waals surface area (Å²) in [5.74, 6) is 0. The summed E-state index contributed by atoms with van der Waals surface area (Å²) in [5.41, 5.74) is 1.28. The van der Waals surface area contributed by atoms with Crippen LogP contribution < -0.4 is 5.32 Å². The largest absolute Gasteiger partial charge is 0.377 e. The molecule has 0 bridgehead atoms. The van der Waals surface area contributed by atoms with Gasteiger partial charge in [0.2, 0.25) is 0 Å². The molecule has 102 valence electrons. The van der Waals surface area contributed by atoms with E-state index in [1.807, 2.05) is 7.05 Å². The summed E-state index contributed by atoms with van der Waals surface area (Å²) in [6.45, 7) is 4.98. The molecule has 0 fully saturated rings. The van der Waals surface area contributed by atoms with Gasteiger partial charge in [0.05, 0.1) is 18.8 Å². The second-order valence-corrected chi connectivity index (χ2v) is 5.00. The van der Waals surface area contributed by atoms with Gasteiger partial charge in [0, 0.05) is 0 Å². The second kappa shape index (κ2) is 6.69. The molecule has 0 radical (unpaired) electrons. The molecule has 0 saturated heterocycles. The van der Waals surface area contributed by atoms with Gasteiger partial charge in [0.1, 0.15) is 0 Å². The highest BCUT2D eigenvalue weighted by molar-refractivity contribution is 5.83. The van der Waals surface area contributed by atoms with Crippen LogP contribution in [0.4, 0.5) is 0 Å². The SMILES string of the molecule is CCC(C)OCC(NC)c1ccc2ccccc2c1. The molecule has 1 N–H and O–H groups in total. The minimum Gasteiger partial charge on any atom is -0.377 e. The predicted molar refractivity (Wildman–Crippen MR) is 81.5 cm³/mol. The molecule has 2 atom stereocenters. The molecule has 2 aromatic carbocycles. The number of fused-ring (bicyclic) bond motifs is 1. The van der Waals surface area contributed by atoms with Crippen molar-refractivity contribution < 1.29 is 4.74 Å². The molecular formula is C17H23NO. The number of rotatable bonds is 6. The van der Waals surface area contributed by atoms with Crippen molar-refractivity contribution >= 4 is 10.8 Å². The number of likely N-dealkylation sites (N-methyl/N-ethyl adjacent to an activating group) is 1. The lowest BCUT2D eigenvalue weighted by molar-refractivity contribution is 0.0487. The first kappa shape index (κ1) is 14.0. The third-order valence-electron chi connectivity index (χ3n) is 3.65. The van der Waals surface area contributed by atoms with Gasteiger partial charge in [-0.3, -0.25) is 0 Å². The van der Waals surface area contributed by atoms with Crippen LogP contribution in [0, 0.1) is 0 Å². The lowest BCUT2D eigenvalue weighted by atomic mass is 10.0. The van der Waals surface area contributed by atoms with Gasteiger partial charge in [0.15, 0.2) is 0 Å². The highest BCUT2D eigenvalue weighted by Gasteiger charge is 2.11. The van der Waals surface area contributed by atoms with Crippen LogP contribution in [0.2, 0.25) is 0 Å². The van der Waals surface area contributed by atoms with Gasteiger partial charge < -0.3 is 10.1 Å². The van der Waals surface area contributed by atoms with Crippen LogP contribution in [-0.4, -0.2) is 19.8 Å². The number of benzene rings is 2. The molecule has 2 aromatic rings. The maximum atomic E-state index is 5.85. The van der Waals surface area contributed by atoms with E-state index in [-0.39, 0.29) is 6.04 Å². The average Bonchev–Trinajstić information content (AvgIpc) is 2.47. The van der Waals surface area contributed by atoms with Crippen LogP contribution in [0.3, 0.4) is 0 Å². The van der Waals surface area contributed by atoms with Gasteiger partial charge in [0.25, 0.3) is 0 Å². The first-order chi connectivity index (χ1) is 9.24. The summed E-state index contributed by atoms with van der Waals surface area (Å²) in [6, 6.07) is 15.3. The Bertz CT molecular complexity index is 523. The zero-order valence-corrected chi connectivity index (χ0v) is 12.0. The molecule has 0 amide bonds. The molecular weight excluding hydrogens is 234 g/mol. The number of nitrogens with one attached hydrogen (secondary N) is 1. The van der Waals surface area contributed by atoms with Crippen molar-refractivity contribution in [1.29, 1.82) is 0 Å². The van der Waals surface area contributed by atoms with Gasteiger partial charge in [-0.1, -0.05) is 43.3 Å². The Morgan fingerprint density at radius 1 is 1.11 bits per heavy atom. The Balaban J connectivity index is 2.15. The Morgan fingerprint density at radius 2 is 1.84 bits per heavy atom. The molecule has 0 spiro atoms. The smallest absolute Gasteiger partial charge is 0.0665 e. The minimum absolute atomic E-state index is 0.249. The molecule has 0 aromatic heterocycles. The first-order valence-corrected chi connectivity index (χ1v) is 7.02. The lowest BCUT2D eigenvalue weighted by Gasteiger charge is -2.20. The third-order valence-corrected chi connectivity index (χ3v) is 3.65. The molecule has 19 heavy (non-hydrogen) atoms. The molecule has 0 aliphatic heterocycles. The molecule has 0 aliphatic rings. The average molecular weight is 257 g/mol. The van der Waals surface area contributed by atoms with E-state index in [1.165, 1.54) is 16.3 Å². The Labute approximate surface area is 115 Å². The van der Waals surface area contributed by atoms with Crippen molar-refractivity contribution in [2.24, 2.45) is 0 Å². The lowest BCUT2D eigenvalue weighted by Crippen LogP contribution is -2.24. The van der Waals surface area contributed by atoms with Crippen LogP contribution in [0.25, 0.3) is 10.8 Å². The van der Waals surface area contributed by atoms with Crippen LogP contribution in [0.15, 0.2) is 42.5 Å². The number of hydrogen-bond acceptors (Lipinski definition) is 2. The van der Waals surface area contributed by atoms with Crippen LogP contribution >= 0.6 is 0 Å². The molecule has 2 heteroatoms. The van der Waals surface area contributed by atoms with E-state index in [4.69, 9.17) is 4.74 Å². The quantitative estimate of drug-likeness (QED) is 0.847. The highest BCUT2D eigenvalue weighted by Crippen LogP contribution is 2.21. The normalized spacial score (nSPS) is 14.5. The zero-order valence-electron chi connectivity index (χ0n) is 12.0. The van der Waals surface area contributed by atoms with E-state index in [0.717, 1.165) is 6.42 Å². The predicted octanol–water partition coefficient (Wildman–Crippen LogP) is 3.92. The molecule has 0 aliphatic carbocycles. The topological polar surface area (TPSA) is 21.3 Å². The van der Waals surface area contributed by atoms with E-state index in [0.29, 0.717) is 12.7 Å². The number of ether oxygens (including phenoxy) is 1. The standard InChI is InChI=1S/C17H23NO/c1-4-13(2)19-12-17(18-3)16-10-9-14-7-5-6-8-15(14)11-16/h5-11,13,17-18H,4,12H2,1-3H3. The second-order valence-electron chi connectivity index (χ2n) is 5.00. The van der Waals surface area contributed by atoms with E-state index in [2.05, 4.69) is 61.6 Å². The first-order valence-electron chi connectivity index (χ1n) is 7.02. The summed E-state index contributed by atoms with van der Waals surface area (Å²) >= 11 is 0. The van der Waals surface area contributed by atoms with E-state index in [1.54, 1.807) is 0 Å². The fourth-order valence-corrected chi connectivity index (χ4v) is 2.15. The van der Waals surface area contributed by atoms with Gasteiger partial charge >= 0.3 is 0 Å². The van der Waals surface area contributed by atoms with E-state index in [9.17, 15) is 0 Å². The highest BCUT2D eigenvalue weighted by atomic mass is 16.5. The van der Waals surface area contributed by atoms with Crippen molar-refractivity contribution in [2.75, 3.05) is 13.7 Å². The van der Waals surface area contributed by atoms with Gasteiger partial charge in [-0.25, -0.2) is 0 Å². The summed E-state index contributed by atoms with van der Waals surface area (Å²) in [7, 11) is 1.99. The van der Waals surface area contributed by atoms with Crippen molar-refractivity contribution in [1.82, 2.24) is 5.32 Å². The van der Waals surface area contributed by atoms with Crippen molar-refractivity contribution in [3.8, 4) is 0 Å². The summed E-state index contributed by atoms with van der Waals surface area (Å²) in [4.78, 5) is 0. The van der Waals surface area contributed by atoms with Gasteiger partial charge in [-0.15, -0.1) is 0 Å². The van der Waals surface area contributed by atoms with Crippen LogP contribution in [0.5, 0.6) is 0 Å². The molecule has 2 nitrogen and oxygen atoms in total. The summed E-state index contributed by atoms with van der Waals surface area (Å²) in [5, 5.41) is 5.90. The molecule has 0 heterocycles. The maximum Gasteiger partial charge on any atom is 0.0665 e. The van der Waals surface area contributed by atoms with Crippen molar-refractivity contribution in [3.63, 3.8) is 0 Å². The van der Waals surface area contributed by atoms with E-state index >= 15 is 0 Å². The number of hydrogen-bond donors (Lipinski definition) is 1. The van der Waals surface area contributed by atoms with Crippen molar-refractivity contribution in [2.45, 2.75) is 32.4 Å². The molecule has 2 unspecified atom stereocenters. The Morgan fingerprint density at radius 3 is 2.53 bits per heavy atom. The summed E-state index contributed by atoms with van der Waals surface area (Å²) < 4.78 is 5.85. The van der Waals surface area contributed by atoms with Gasteiger partial charge in [-0.05, 0) is 42.8 Å². The van der Waals surface area contributed by atoms with Crippen LogP contribution in [0.1, 0.15) is 31.9 Å². The maximum absolute atomic E-state index is 5.85. The van der Waals surface area contributed by atoms with E-state index < -0.39 is 0 Å². The van der Waals surface area contributed by atoms with Crippen LogP contribution in [-0.2, 0) is 4.74 Å². The zero-order chi connectivity index (χ0) is 13.7. The Kier molecular flexibility index (Phi) is 4.94. The molecule has 2 rings (SSSR count). The minimum atomic E-state index is 0.249. The fraction of sp³-hybridized carbons (Fsp3) is 0.412. The van der Waals surface area contributed by atoms with Crippen molar-refractivity contribution in [3.05, 3.63) is 48.0 Å². The third kappa shape index (κ3) is 3.55. The summed E-state index contributed by atoms with van der Waals surface area (Å²) in [6.07, 6.45) is 1.37. The Hall–Kier alpha value is -1.38. The molecule has 0 saturated carbocycles.